The number of thioether (sulfide) groups is 1. The lowest BCUT2D eigenvalue weighted by Crippen LogP contribution is -2.04. The van der Waals surface area contributed by atoms with Crippen molar-refractivity contribution in [3.05, 3.63) is 35.4 Å². The highest BCUT2D eigenvalue weighted by molar-refractivity contribution is 8.00. The molecule has 0 aliphatic rings. The Labute approximate surface area is 120 Å². The smallest absolute Gasteiger partial charge is 0.295 e. The lowest BCUT2D eigenvalue weighted by Gasteiger charge is -2.03. The molecular formula is C13H16N2O2S2. The van der Waals surface area contributed by atoms with Gasteiger partial charge in [0.25, 0.3) is 5.19 Å². The highest BCUT2D eigenvalue weighted by Gasteiger charge is 2.07. The van der Waals surface area contributed by atoms with Crippen LogP contribution >= 0.6 is 23.1 Å². The molecule has 1 aromatic carbocycles. The summed E-state index contributed by atoms with van der Waals surface area (Å²) in [5.74, 6) is 0.835. The molecule has 0 amide bonds. The largest absolute Gasteiger partial charge is 0.466 e. The molecule has 4 nitrogen and oxygen atoms in total. The molecule has 1 heterocycles. The zero-order valence-corrected chi connectivity index (χ0v) is 12.5. The van der Waals surface area contributed by atoms with Gasteiger partial charge in [0.15, 0.2) is 4.34 Å². The van der Waals surface area contributed by atoms with Crippen molar-refractivity contribution in [3.8, 4) is 5.19 Å². The van der Waals surface area contributed by atoms with Gasteiger partial charge in [0.1, 0.15) is 0 Å². The number of ether oxygens (including phenoxy) is 1. The molecule has 0 spiro atoms. The van der Waals surface area contributed by atoms with E-state index in [0.29, 0.717) is 5.19 Å². The third kappa shape index (κ3) is 4.49. The van der Waals surface area contributed by atoms with Gasteiger partial charge in [-0.05, 0) is 36.3 Å². The van der Waals surface area contributed by atoms with Crippen molar-refractivity contribution in [1.29, 1.82) is 0 Å². The summed E-state index contributed by atoms with van der Waals surface area (Å²) in [6, 6.07) is 7.91. The lowest BCUT2D eigenvalue weighted by atomic mass is 10.2. The minimum absolute atomic E-state index is 0.0831. The highest BCUT2D eigenvalue weighted by Crippen LogP contribution is 2.29. The first-order chi connectivity index (χ1) is 9.17. The van der Waals surface area contributed by atoms with E-state index in [1.807, 2.05) is 38.1 Å². The lowest BCUT2D eigenvalue weighted by molar-refractivity contribution is 0.239. The summed E-state index contributed by atoms with van der Waals surface area (Å²) in [6.07, 6.45) is 0.122. The number of aliphatic hydroxyl groups is 1. The summed E-state index contributed by atoms with van der Waals surface area (Å²) in [5, 5.41) is 17.7. The highest BCUT2D eigenvalue weighted by atomic mass is 32.2. The third-order valence-electron chi connectivity index (χ3n) is 2.29. The van der Waals surface area contributed by atoms with Crippen molar-refractivity contribution in [2.45, 2.75) is 36.7 Å². The summed E-state index contributed by atoms with van der Waals surface area (Å²) >= 11 is 3.10. The van der Waals surface area contributed by atoms with Gasteiger partial charge in [-0.3, -0.25) is 0 Å². The number of rotatable bonds is 6. The Hall–Kier alpha value is -1.11. The summed E-state index contributed by atoms with van der Waals surface area (Å²) in [7, 11) is 0. The third-order valence-corrected chi connectivity index (χ3v) is 4.31. The first-order valence-electron chi connectivity index (χ1n) is 5.99. The monoisotopic (exact) mass is 296 g/mol. The van der Waals surface area contributed by atoms with Gasteiger partial charge >= 0.3 is 0 Å². The van der Waals surface area contributed by atoms with Crippen LogP contribution in [0.15, 0.2) is 28.6 Å². The summed E-state index contributed by atoms with van der Waals surface area (Å²) in [4.78, 5) is 0. The van der Waals surface area contributed by atoms with Crippen molar-refractivity contribution in [2.75, 3.05) is 0 Å². The van der Waals surface area contributed by atoms with Gasteiger partial charge in [0, 0.05) is 5.75 Å². The number of aliphatic hydroxyl groups excluding tert-OH is 1. The molecule has 0 bridgehead atoms. The summed E-state index contributed by atoms with van der Waals surface area (Å²) in [5.41, 5.74) is 2.13. The topological polar surface area (TPSA) is 55.2 Å². The summed E-state index contributed by atoms with van der Waals surface area (Å²) in [6.45, 7) is 4.02. The van der Waals surface area contributed by atoms with Gasteiger partial charge < -0.3 is 9.84 Å². The molecular weight excluding hydrogens is 280 g/mol. The van der Waals surface area contributed by atoms with Crippen LogP contribution < -0.4 is 4.74 Å². The maximum atomic E-state index is 8.98. The van der Waals surface area contributed by atoms with Crippen molar-refractivity contribution >= 4 is 23.1 Å². The average molecular weight is 296 g/mol. The van der Waals surface area contributed by atoms with Crippen LogP contribution in [0.2, 0.25) is 0 Å². The molecule has 19 heavy (non-hydrogen) atoms. The molecule has 0 aliphatic carbocycles. The van der Waals surface area contributed by atoms with Crippen molar-refractivity contribution < 1.29 is 9.84 Å². The van der Waals surface area contributed by atoms with Crippen molar-refractivity contribution in [1.82, 2.24) is 10.2 Å². The van der Waals surface area contributed by atoms with Gasteiger partial charge in [0.05, 0.1) is 12.7 Å². The van der Waals surface area contributed by atoms with Gasteiger partial charge in [-0.2, -0.15) is 0 Å². The molecule has 0 saturated carbocycles. The molecule has 0 fully saturated rings. The van der Waals surface area contributed by atoms with E-state index < -0.39 is 0 Å². The first kappa shape index (κ1) is 14.3. The molecule has 0 unspecified atom stereocenters. The Kier molecular flexibility index (Phi) is 5.18. The van der Waals surface area contributed by atoms with E-state index in [2.05, 4.69) is 10.2 Å². The molecule has 6 heteroatoms. The molecule has 2 aromatic rings. The van der Waals surface area contributed by atoms with Gasteiger partial charge in [0.2, 0.25) is 0 Å². The van der Waals surface area contributed by atoms with Crippen molar-refractivity contribution in [3.63, 3.8) is 0 Å². The molecule has 0 aliphatic heterocycles. The Morgan fingerprint density at radius 3 is 2.53 bits per heavy atom. The van der Waals surface area contributed by atoms with Gasteiger partial charge in [-0.15, -0.1) is 5.10 Å². The quantitative estimate of drug-likeness (QED) is 0.830. The molecule has 1 aromatic heterocycles. The standard InChI is InChI=1S/C13H16N2O2S2/c1-9(2)17-12-14-15-13(19-12)18-8-11-5-3-10(7-16)4-6-11/h3-6,9,16H,7-8H2,1-2H3. The van der Waals surface area contributed by atoms with E-state index in [4.69, 9.17) is 9.84 Å². The molecule has 2 rings (SSSR count). The van der Waals surface area contributed by atoms with Crippen LogP contribution in [0.1, 0.15) is 25.0 Å². The maximum Gasteiger partial charge on any atom is 0.295 e. The fraction of sp³-hybridized carbons (Fsp3) is 0.385. The normalized spacial score (nSPS) is 10.9. The Morgan fingerprint density at radius 2 is 1.89 bits per heavy atom. The minimum atomic E-state index is 0.0831. The van der Waals surface area contributed by atoms with E-state index in [0.717, 1.165) is 15.7 Å². The van der Waals surface area contributed by atoms with Gasteiger partial charge in [-0.25, -0.2) is 0 Å². The fourth-order valence-electron chi connectivity index (χ4n) is 1.39. The van der Waals surface area contributed by atoms with E-state index in [1.54, 1.807) is 11.8 Å². The molecule has 0 radical (unpaired) electrons. The number of nitrogens with zero attached hydrogens (tertiary/aromatic N) is 2. The average Bonchev–Trinajstić information content (AvgIpc) is 2.84. The van der Waals surface area contributed by atoms with Crippen LogP contribution in [-0.2, 0) is 12.4 Å². The first-order valence-corrected chi connectivity index (χ1v) is 7.79. The predicted molar refractivity (Wildman–Crippen MR) is 77.6 cm³/mol. The predicted octanol–water partition coefficient (Wildman–Crippen LogP) is 3.11. The van der Waals surface area contributed by atoms with E-state index in [-0.39, 0.29) is 12.7 Å². The van der Waals surface area contributed by atoms with Crippen LogP contribution in [-0.4, -0.2) is 21.4 Å². The second kappa shape index (κ2) is 6.88. The van der Waals surface area contributed by atoms with Crippen LogP contribution in [0.25, 0.3) is 0 Å². The Balaban J connectivity index is 1.89. The second-order valence-corrected chi connectivity index (χ2v) is 6.43. The minimum Gasteiger partial charge on any atom is -0.466 e. The molecule has 0 saturated heterocycles. The number of aromatic nitrogens is 2. The fourth-order valence-corrected chi connectivity index (χ4v) is 3.15. The van der Waals surface area contributed by atoms with E-state index in [9.17, 15) is 0 Å². The van der Waals surface area contributed by atoms with E-state index in [1.165, 1.54) is 16.9 Å². The van der Waals surface area contributed by atoms with Crippen LogP contribution in [0.3, 0.4) is 0 Å². The van der Waals surface area contributed by atoms with Crippen LogP contribution in [0, 0.1) is 0 Å². The van der Waals surface area contributed by atoms with Crippen LogP contribution in [0.4, 0.5) is 0 Å². The maximum absolute atomic E-state index is 8.98. The molecule has 1 N–H and O–H groups in total. The zero-order chi connectivity index (χ0) is 13.7. The van der Waals surface area contributed by atoms with Crippen molar-refractivity contribution in [2.24, 2.45) is 0 Å². The number of hydrogen-bond donors (Lipinski definition) is 1. The Morgan fingerprint density at radius 1 is 1.21 bits per heavy atom. The summed E-state index contributed by atoms with van der Waals surface area (Å²) < 4.78 is 6.39. The SMILES string of the molecule is CC(C)Oc1nnc(SCc2ccc(CO)cc2)s1. The Bertz CT molecular complexity index is 512. The zero-order valence-electron chi connectivity index (χ0n) is 10.9. The van der Waals surface area contributed by atoms with Gasteiger partial charge in [-0.1, -0.05) is 41.1 Å². The van der Waals surface area contributed by atoms with E-state index >= 15 is 0 Å². The number of hydrogen-bond acceptors (Lipinski definition) is 6. The number of benzene rings is 1. The van der Waals surface area contributed by atoms with Crippen LogP contribution in [0.5, 0.6) is 5.19 Å². The molecule has 102 valence electrons. The second-order valence-electron chi connectivity index (χ2n) is 4.26. The molecule has 0 atom stereocenters.